The number of nitrogens with two attached hydrogens (primary N) is 1. The first kappa shape index (κ1) is 10.4. The average Bonchev–Trinajstić information content (AvgIpc) is 2.63. The van der Waals surface area contributed by atoms with Crippen LogP contribution in [0.3, 0.4) is 0 Å². The Kier molecular flexibility index (Phi) is 2.48. The van der Waals surface area contributed by atoms with Gasteiger partial charge in [0.2, 0.25) is 0 Å². The summed E-state index contributed by atoms with van der Waals surface area (Å²) in [6, 6.07) is 5.71. The van der Waals surface area contributed by atoms with Crippen LogP contribution < -0.4 is 5.73 Å². The number of H-pyrrole nitrogens is 1. The molecule has 3 N–H and O–H groups in total. The molecule has 0 bridgehead atoms. The van der Waals surface area contributed by atoms with E-state index in [1.807, 2.05) is 32.0 Å². The molecule has 0 spiro atoms. The largest absolute Gasteiger partial charge is 0.383 e. The predicted octanol–water partition coefficient (Wildman–Crippen LogP) is 1.84. The maximum atomic E-state index is 12.1. The summed E-state index contributed by atoms with van der Waals surface area (Å²) in [6.45, 7) is 3.91. The fourth-order valence-electron chi connectivity index (χ4n) is 1.69. The molecule has 0 amide bonds. The lowest BCUT2D eigenvalue weighted by atomic mass is 9.99. The van der Waals surface area contributed by atoms with Gasteiger partial charge in [-0.25, -0.2) is 0 Å². The number of hydrogen-bond donors (Lipinski definition) is 2. The Bertz CT molecular complexity index is 543. The van der Waals surface area contributed by atoms with Crippen LogP contribution in [0.15, 0.2) is 24.4 Å². The van der Waals surface area contributed by atoms with Gasteiger partial charge in [-0.15, -0.1) is 0 Å². The minimum absolute atomic E-state index is 0.0937. The number of benzene rings is 1. The Hall–Kier alpha value is -2.10. The van der Waals surface area contributed by atoms with Crippen LogP contribution in [0.4, 0.5) is 5.82 Å². The van der Waals surface area contributed by atoms with Gasteiger partial charge in [0, 0.05) is 5.56 Å². The van der Waals surface area contributed by atoms with E-state index in [9.17, 15) is 4.79 Å². The van der Waals surface area contributed by atoms with Gasteiger partial charge in [-0.2, -0.15) is 5.10 Å². The number of nitrogens with zero attached hydrogens (tertiary/aromatic N) is 1. The molecule has 1 heterocycles. The highest BCUT2D eigenvalue weighted by molar-refractivity contribution is 6.12. The van der Waals surface area contributed by atoms with E-state index in [0.29, 0.717) is 16.9 Å². The van der Waals surface area contributed by atoms with Gasteiger partial charge in [0.05, 0.1) is 11.8 Å². The Morgan fingerprint density at radius 1 is 1.31 bits per heavy atom. The zero-order chi connectivity index (χ0) is 11.7. The van der Waals surface area contributed by atoms with Gasteiger partial charge < -0.3 is 5.73 Å². The van der Waals surface area contributed by atoms with Crippen LogP contribution in [-0.4, -0.2) is 16.0 Å². The minimum atomic E-state index is -0.0937. The smallest absolute Gasteiger partial charge is 0.198 e. The molecule has 2 aromatic rings. The van der Waals surface area contributed by atoms with Crippen molar-refractivity contribution < 1.29 is 4.79 Å². The van der Waals surface area contributed by atoms with Gasteiger partial charge in [0.15, 0.2) is 5.78 Å². The van der Waals surface area contributed by atoms with E-state index in [1.165, 1.54) is 6.20 Å². The Morgan fingerprint density at radius 3 is 2.62 bits per heavy atom. The zero-order valence-corrected chi connectivity index (χ0v) is 9.24. The number of aromatic amines is 1. The molecule has 0 radical (unpaired) electrons. The van der Waals surface area contributed by atoms with Crippen molar-refractivity contribution in [2.24, 2.45) is 0 Å². The number of anilines is 1. The lowest BCUT2D eigenvalue weighted by Gasteiger charge is -2.04. The number of carbonyl (C=O) groups excluding carboxylic acids is 1. The topological polar surface area (TPSA) is 71.8 Å². The Labute approximate surface area is 93.5 Å². The van der Waals surface area contributed by atoms with Crippen LogP contribution in [0.25, 0.3) is 0 Å². The molecule has 1 aromatic carbocycles. The molecule has 4 nitrogen and oxygen atoms in total. The summed E-state index contributed by atoms with van der Waals surface area (Å²) >= 11 is 0. The van der Waals surface area contributed by atoms with Crippen molar-refractivity contribution in [3.8, 4) is 0 Å². The average molecular weight is 215 g/mol. The van der Waals surface area contributed by atoms with E-state index in [0.717, 1.165) is 11.1 Å². The fourth-order valence-corrected chi connectivity index (χ4v) is 1.69. The normalized spacial score (nSPS) is 10.4. The third-order valence-electron chi connectivity index (χ3n) is 2.54. The molecule has 0 aliphatic heterocycles. The standard InChI is InChI=1S/C12H13N3O/c1-7-3-4-9(8(2)5-7)11(16)10-6-14-15-12(10)13/h3-6H,1-2H3,(H3,13,14,15). The first-order valence-electron chi connectivity index (χ1n) is 5.00. The summed E-state index contributed by atoms with van der Waals surface area (Å²) in [6.07, 6.45) is 1.46. The Morgan fingerprint density at radius 2 is 2.06 bits per heavy atom. The summed E-state index contributed by atoms with van der Waals surface area (Å²) in [5.74, 6) is 0.216. The molecule has 0 unspecified atom stereocenters. The molecular weight excluding hydrogens is 202 g/mol. The van der Waals surface area contributed by atoms with Gasteiger partial charge in [0.25, 0.3) is 0 Å². The molecule has 0 saturated carbocycles. The first-order chi connectivity index (χ1) is 7.59. The number of aromatic nitrogens is 2. The van der Waals surface area contributed by atoms with Crippen LogP contribution in [0.2, 0.25) is 0 Å². The number of nitrogen functional groups attached to an aromatic ring is 1. The molecule has 82 valence electrons. The first-order valence-corrected chi connectivity index (χ1v) is 5.00. The van der Waals surface area contributed by atoms with Crippen LogP contribution in [0.5, 0.6) is 0 Å². The van der Waals surface area contributed by atoms with Crippen molar-refractivity contribution in [3.63, 3.8) is 0 Å². The number of aryl methyl sites for hydroxylation is 2. The number of ketones is 1. The molecule has 1 aromatic heterocycles. The maximum Gasteiger partial charge on any atom is 0.198 e. The molecule has 0 saturated heterocycles. The summed E-state index contributed by atoms with van der Waals surface area (Å²) in [5.41, 5.74) is 8.79. The zero-order valence-electron chi connectivity index (χ0n) is 9.24. The van der Waals surface area contributed by atoms with E-state index < -0.39 is 0 Å². The van der Waals surface area contributed by atoms with Gasteiger partial charge in [-0.05, 0) is 19.4 Å². The van der Waals surface area contributed by atoms with Gasteiger partial charge in [0.1, 0.15) is 5.82 Å². The van der Waals surface area contributed by atoms with E-state index in [1.54, 1.807) is 0 Å². The summed E-state index contributed by atoms with van der Waals surface area (Å²) in [4.78, 5) is 12.1. The quantitative estimate of drug-likeness (QED) is 0.751. The second kappa shape index (κ2) is 3.81. The number of carbonyl (C=O) groups is 1. The molecule has 0 fully saturated rings. The van der Waals surface area contributed by atoms with Crippen LogP contribution in [-0.2, 0) is 0 Å². The SMILES string of the molecule is Cc1ccc(C(=O)c2cn[nH]c2N)c(C)c1. The monoisotopic (exact) mass is 215 g/mol. The van der Waals surface area contributed by atoms with Gasteiger partial charge in [-0.3, -0.25) is 9.89 Å². The molecular formula is C12H13N3O. The number of nitrogens with one attached hydrogen (secondary N) is 1. The highest BCUT2D eigenvalue weighted by atomic mass is 16.1. The van der Waals surface area contributed by atoms with Crippen molar-refractivity contribution in [3.05, 3.63) is 46.6 Å². The third-order valence-corrected chi connectivity index (χ3v) is 2.54. The van der Waals surface area contributed by atoms with Gasteiger partial charge in [-0.1, -0.05) is 23.8 Å². The van der Waals surface area contributed by atoms with Crippen molar-refractivity contribution in [1.82, 2.24) is 10.2 Å². The van der Waals surface area contributed by atoms with E-state index in [2.05, 4.69) is 10.2 Å². The van der Waals surface area contributed by atoms with Gasteiger partial charge >= 0.3 is 0 Å². The summed E-state index contributed by atoms with van der Waals surface area (Å²) < 4.78 is 0. The van der Waals surface area contributed by atoms with E-state index in [-0.39, 0.29) is 5.78 Å². The minimum Gasteiger partial charge on any atom is -0.383 e. The number of rotatable bonds is 2. The lowest BCUT2D eigenvalue weighted by molar-refractivity contribution is 0.103. The molecule has 0 atom stereocenters. The third kappa shape index (κ3) is 1.69. The summed E-state index contributed by atoms with van der Waals surface area (Å²) in [7, 11) is 0. The molecule has 0 aliphatic carbocycles. The second-order valence-corrected chi connectivity index (χ2v) is 3.84. The Balaban J connectivity index is 2.46. The van der Waals surface area contributed by atoms with Crippen LogP contribution >= 0.6 is 0 Å². The molecule has 16 heavy (non-hydrogen) atoms. The van der Waals surface area contributed by atoms with Crippen LogP contribution in [0.1, 0.15) is 27.0 Å². The highest BCUT2D eigenvalue weighted by Gasteiger charge is 2.15. The van der Waals surface area contributed by atoms with Crippen molar-refractivity contribution >= 4 is 11.6 Å². The van der Waals surface area contributed by atoms with Crippen LogP contribution in [0, 0.1) is 13.8 Å². The lowest BCUT2D eigenvalue weighted by Crippen LogP contribution is -2.05. The molecule has 4 heteroatoms. The van der Waals surface area contributed by atoms with E-state index in [4.69, 9.17) is 5.73 Å². The summed E-state index contributed by atoms with van der Waals surface area (Å²) in [5, 5.41) is 6.30. The maximum absolute atomic E-state index is 12.1. The van der Waals surface area contributed by atoms with E-state index >= 15 is 0 Å². The second-order valence-electron chi connectivity index (χ2n) is 3.84. The predicted molar refractivity (Wildman–Crippen MR) is 62.3 cm³/mol. The molecule has 0 aliphatic rings. The fraction of sp³-hybridized carbons (Fsp3) is 0.167. The number of hydrogen-bond acceptors (Lipinski definition) is 3. The molecule has 2 rings (SSSR count). The highest BCUT2D eigenvalue weighted by Crippen LogP contribution is 2.17. The van der Waals surface area contributed by atoms with Crippen molar-refractivity contribution in [2.45, 2.75) is 13.8 Å². The van der Waals surface area contributed by atoms with Crippen molar-refractivity contribution in [1.29, 1.82) is 0 Å². The van der Waals surface area contributed by atoms with Crippen molar-refractivity contribution in [2.75, 3.05) is 5.73 Å².